The van der Waals surface area contributed by atoms with Gasteiger partial charge in [0.25, 0.3) is 0 Å². The van der Waals surface area contributed by atoms with Crippen LogP contribution in [0.3, 0.4) is 0 Å². The van der Waals surface area contributed by atoms with Crippen LogP contribution in [-0.4, -0.2) is 6.36 Å². The van der Waals surface area contributed by atoms with E-state index in [1.807, 2.05) is 0 Å². The van der Waals surface area contributed by atoms with E-state index in [0.29, 0.717) is 10.6 Å². The zero-order chi connectivity index (χ0) is 14.9. The SMILES string of the molecule is NC(c1ccc(OC(F)(F)F)cc1)c1cc(Cl)c(Br)s1. The van der Waals surface area contributed by atoms with Crippen LogP contribution >= 0.6 is 38.9 Å². The zero-order valence-electron chi connectivity index (χ0n) is 9.75. The molecule has 0 saturated carbocycles. The Hall–Kier alpha value is -0.760. The second kappa shape index (κ2) is 5.93. The summed E-state index contributed by atoms with van der Waals surface area (Å²) in [5, 5.41) is 0.553. The Balaban J connectivity index is 2.17. The van der Waals surface area contributed by atoms with Crippen LogP contribution in [0.5, 0.6) is 5.75 Å². The van der Waals surface area contributed by atoms with Crippen molar-refractivity contribution in [1.29, 1.82) is 0 Å². The summed E-state index contributed by atoms with van der Waals surface area (Å²) < 4.78 is 40.7. The van der Waals surface area contributed by atoms with E-state index in [0.717, 1.165) is 8.66 Å². The molecule has 2 nitrogen and oxygen atoms in total. The number of benzene rings is 1. The van der Waals surface area contributed by atoms with Crippen molar-refractivity contribution in [3.63, 3.8) is 0 Å². The van der Waals surface area contributed by atoms with Crippen molar-refractivity contribution in [2.75, 3.05) is 0 Å². The molecule has 1 aromatic carbocycles. The number of rotatable bonds is 3. The van der Waals surface area contributed by atoms with Crippen LogP contribution in [-0.2, 0) is 0 Å². The minimum absolute atomic E-state index is 0.279. The second-order valence-electron chi connectivity index (χ2n) is 3.86. The quantitative estimate of drug-likeness (QED) is 0.795. The Labute approximate surface area is 130 Å². The molecule has 1 atom stereocenters. The molecule has 20 heavy (non-hydrogen) atoms. The summed E-state index contributed by atoms with van der Waals surface area (Å²) in [7, 11) is 0. The van der Waals surface area contributed by atoms with Gasteiger partial charge in [-0.05, 0) is 39.7 Å². The molecule has 108 valence electrons. The van der Waals surface area contributed by atoms with Crippen LogP contribution in [0.2, 0.25) is 5.02 Å². The Kier molecular flexibility index (Phi) is 4.63. The van der Waals surface area contributed by atoms with Gasteiger partial charge in [0.2, 0.25) is 0 Å². The van der Waals surface area contributed by atoms with E-state index < -0.39 is 12.4 Å². The number of hydrogen-bond donors (Lipinski definition) is 1. The fourth-order valence-electron chi connectivity index (χ4n) is 1.56. The molecular weight excluding hydrogens is 379 g/mol. The van der Waals surface area contributed by atoms with Gasteiger partial charge < -0.3 is 10.5 Å². The Bertz CT molecular complexity index is 580. The van der Waals surface area contributed by atoms with Crippen molar-refractivity contribution in [3.05, 3.63) is 49.6 Å². The molecule has 0 radical (unpaired) electrons. The third-order valence-corrected chi connectivity index (χ3v) is 5.00. The average Bonchev–Trinajstić information content (AvgIpc) is 2.68. The normalized spacial score (nSPS) is 13.3. The van der Waals surface area contributed by atoms with Gasteiger partial charge in [-0.25, -0.2) is 0 Å². The zero-order valence-corrected chi connectivity index (χ0v) is 12.9. The van der Waals surface area contributed by atoms with E-state index in [9.17, 15) is 13.2 Å². The van der Waals surface area contributed by atoms with Crippen molar-refractivity contribution in [1.82, 2.24) is 0 Å². The van der Waals surface area contributed by atoms with Gasteiger partial charge in [0.1, 0.15) is 5.75 Å². The Morgan fingerprint density at radius 2 is 1.85 bits per heavy atom. The minimum Gasteiger partial charge on any atom is -0.406 e. The largest absolute Gasteiger partial charge is 0.573 e. The predicted octanol–water partition coefficient (Wildman–Crippen LogP) is 5.11. The molecule has 0 bridgehead atoms. The van der Waals surface area contributed by atoms with Gasteiger partial charge in [0.05, 0.1) is 14.9 Å². The maximum absolute atomic E-state index is 12.0. The van der Waals surface area contributed by atoms with E-state index in [1.54, 1.807) is 6.07 Å². The Morgan fingerprint density at radius 3 is 2.30 bits per heavy atom. The summed E-state index contributed by atoms with van der Waals surface area (Å²) in [6.07, 6.45) is -4.70. The molecule has 0 aliphatic heterocycles. The number of thiophene rings is 1. The monoisotopic (exact) mass is 385 g/mol. The van der Waals surface area contributed by atoms with Crippen LogP contribution in [0.4, 0.5) is 13.2 Å². The van der Waals surface area contributed by atoms with Gasteiger partial charge in [-0.3, -0.25) is 0 Å². The lowest BCUT2D eigenvalue weighted by Gasteiger charge is -2.12. The summed E-state index contributed by atoms with van der Waals surface area (Å²) in [6.45, 7) is 0. The molecule has 2 aromatic rings. The summed E-state index contributed by atoms with van der Waals surface area (Å²) >= 11 is 10.6. The first-order chi connectivity index (χ1) is 9.26. The van der Waals surface area contributed by atoms with E-state index in [2.05, 4.69) is 20.7 Å². The highest BCUT2D eigenvalue weighted by atomic mass is 79.9. The van der Waals surface area contributed by atoms with Gasteiger partial charge in [0, 0.05) is 4.88 Å². The summed E-state index contributed by atoms with van der Waals surface area (Å²) in [5.74, 6) is -0.279. The van der Waals surface area contributed by atoms with Gasteiger partial charge in [0.15, 0.2) is 0 Å². The van der Waals surface area contributed by atoms with Crippen LogP contribution in [0.1, 0.15) is 16.5 Å². The molecule has 8 heteroatoms. The fraction of sp³-hybridized carbons (Fsp3) is 0.167. The maximum Gasteiger partial charge on any atom is 0.573 e. The van der Waals surface area contributed by atoms with E-state index >= 15 is 0 Å². The standard InChI is InChI=1S/C12H8BrClF3NOS/c13-11-8(14)5-9(20-11)10(18)6-1-3-7(4-2-6)19-12(15,16)17/h1-5,10H,18H2. The Morgan fingerprint density at radius 1 is 1.25 bits per heavy atom. The minimum atomic E-state index is -4.70. The lowest BCUT2D eigenvalue weighted by Crippen LogP contribution is -2.17. The molecule has 0 fully saturated rings. The highest BCUT2D eigenvalue weighted by molar-refractivity contribution is 9.11. The van der Waals surface area contributed by atoms with E-state index in [4.69, 9.17) is 17.3 Å². The molecule has 2 rings (SSSR count). The molecule has 0 spiro atoms. The van der Waals surface area contributed by atoms with Gasteiger partial charge in [-0.15, -0.1) is 24.5 Å². The number of nitrogens with two attached hydrogens (primary N) is 1. The summed E-state index contributed by atoms with van der Waals surface area (Å²) in [6, 6.07) is 6.71. The molecule has 0 aliphatic rings. The number of ether oxygens (including phenoxy) is 1. The topological polar surface area (TPSA) is 35.2 Å². The van der Waals surface area contributed by atoms with Crippen LogP contribution in [0.25, 0.3) is 0 Å². The van der Waals surface area contributed by atoms with Gasteiger partial charge in [-0.2, -0.15) is 0 Å². The van der Waals surface area contributed by atoms with Crippen molar-refractivity contribution in [3.8, 4) is 5.75 Å². The molecular formula is C12H8BrClF3NOS. The van der Waals surface area contributed by atoms with Crippen molar-refractivity contribution < 1.29 is 17.9 Å². The fourth-order valence-corrected chi connectivity index (χ4v) is 3.33. The first-order valence-electron chi connectivity index (χ1n) is 5.32. The lowest BCUT2D eigenvalue weighted by atomic mass is 10.1. The first-order valence-corrected chi connectivity index (χ1v) is 7.31. The van der Waals surface area contributed by atoms with Gasteiger partial charge >= 0.3 is 6.36 Å². The van der Waals surface area contributed by atoms with Crippen molar-refractivity contribution in [2.45, 2.75) is 12.4 Å². The number of halogens is 5. The first kappa shape index (κ1) is 15.6. The lowest BCUT2D eigenvalue weighted by molar-refractivity contribution is -0.274. The molecule has 0 aliphatic carbocycles. The molecule has 1 heterocycles. The van der Waals surface area contributed by atoms with Crippen LogP contribution in [0.15, 0.2) is 34.1 Å². The second-order valence-corrected chi connectivity index (χ2v) is 6.67. The molecule has 1 aromatic heterocycles. The van der Waals surface area contributed by atoms with E-state index in [-0.39, 0.29) is 5.75 Å². The highest BCUT2D eigenvalue weighted by Crippen LogP contribution is 2.36. The van der Waals surface area contributed by atoms with Gasteiger partial charge in [-0.1, -0.05) is 23.7 Å². The summed E-state index contributed by atoms with van der Waals surface area (Å²) in [4.78, 5) is 0.811. The molecule has 1 unspecified atom stereocenters. The molecule has 0 saturated heterocycles. The molecule has 2 N–H and O–H groups in total. The highest BCUT2D eigenvalue weighted by Gasteiger charge is 2.31. The van der Waals surface area contributed by atoms with E-state index in [1.165, 1.54) is 35.6 Å². The summed E-state index contributed by atoms with van der Waals surface area (Å²) in [5.41, 5.74) is 6.71. The number of hydrogen-bond acceptors (Lipinski definition) is 3. The van der Waals surface area contributed by atoms with Crippen LogP contribution in [0, 0.1) is 0 Å². The van der Waals surface area contributed by atoms with Crippen molar-refractivity contribution in [2.24, 2.45) is 5.73 Å². The third kappa shape index (κ3) is 3.88. The number of alkyl halides is 3. The maximum atomic E-state index is 12.0. The van der Waals surface area contributed by atoms with Crippen molar-refractivity contribution >= 4 is 38.9 Å². The smallest absolute Gasteiger partial charge is 0.406 e. The average molecular weight is 387 g/mol. The molecule has 0 amide bonds. The predicted molar refractivity (Wildman–Crippen MR) is 76.2 cm³/mol. The third-order valence-electron chi connectivity index (χ3n) is 2.44. The van der Waals surface area contributed by atoms with Crippen LogP contribution < -0.4 is 10.5 Å².